The van der Waals surface area contributed by atoms with Gasteiger partial charge < -0.3 is 4.90 Å². The fraction of sp³-hybridized carbons (Fsp3) is 0.429. The van der Waals surface area contributed by atoms with E-state index in [0.29, 0.717) is 24.4 Å². The van der Waals surface area contributed by atoms with Crippen LogP contribution in [0.25, 0.3) is 0 Å². The summed E-state index contributed by atoms with van der Waals surface area (Å²) in [5.74, 6) is 3.12. The van der Waals surface area contributed by atoms with E-state index in [4.69, 9.17) is 4.98 Å². The van der Waals surface area contributed by atoms with Crippen LogP contribution in [0.3, 0.4) is 0 Å². The van der Waals surface area contributed by atoms with Crippen LogP contribution in [0.1, 0.15) is 42.9 Å². The molecular formula is C28H34N4OS. The summed E-state index contributed by atoms with van der Waals surface area (Å²) in [5.41, 5.74) is 3.73. The van der Waals surface area contributed by atoms with Gasteiger partial charge in [-0.3, -0.25) is 4.31 Å². The highest BCUT2D eigenvalue weighted by atomic mass is 32.2. The summed E-state index contributed by atoms with van der Waals surface area (Å²) >= 11 is 0. The summed E-state index contributed by atoms with van der Waals surface area (Å²) in [4.78, 5) is 12.5. The Balaban J connectivity index is 1.36. The van der Waals surface area contributed by atoms with Gasteiger partial charge >= 0.3 is 0 Å². The van der Waals surface area contributed by atoms with Crippen molar-refractivity contribution < 1.29 is 4.21 Å². The third-order valence-corrected chi connectivity index (χ3v) is 9.02. The number of rotatable bonds is 6. The molecule has 0 N–H and O–H groups in total. The second-order valence-corrected chi connectivity index (χ2v) is 11.3. The summed E-state index contributed by atoms with van der Waals surface area (Å²) in [6.45, 7) is 5.12. The molecule has 2 heterocycles. The lowest BCUT2D eigenvalue weighted by atomic mass is 9.76. The van der Waals surface area contributed by atoms with E-state index in [1.54, 1.807) is 6.33 Å². The molecular weight excluding hydrogens is 440 g/mol. The number of aryl methyl sites for hydroxylation is 1. The normalized spacial score (nSPS) is 22.9. The van der Waals surface area contributed by atoms with Crippen LogP contribution >= 0.6 is 0 Å². The zero-order valence-electron chi connectivity index (χ0n) is 20.4. The van der Waals surface area contributed by atoms with E-state index in [9.17, 15) is 4.21 Å². The average molecular weight is 475 g/mol. The summed E-state index contributed by atoms with van der Waals surface area (Å²) < 4.78 is 15.3. The van der Waals surface area contributed by atoms with Gasteiger partial charge in [0.25, 0.3) is 0 Å². The van der Waals surface area contributed by atoms with Crippen LogP contribution in [0.2, 0.25) is 0 Å². The fourth-order valence-corrected chi connectivity index (χ4v) is 6.81. The number of anilines is 2. The van der Waals surface area contributed by atoms with E-state index in [1.807, 2.05) is 35.5 Å². The zero-order valence-corrected chi connectivity index (χ0v) is 21.2. The molecule has 1 fully saturated rings. The molecule has 34 heavy (non-hydrogen) atoms. The molecule has 2 aromatic carbocycles. The molecule has 2 aliphatic rings. The second kappa shape index (κ2) is 9.87. The van der Waals surface area contributed by atoms with Gasteiger partial charge in [-0.15, -0.1) is 0 Å². The van der Waals surface area contributed by atoms with Gasteiger partial charge in [0.1, 0.15) is 18.0 Å². The first-order valence-electron chi connectivity index (χ1n) is 12.4. The maximum Gasteiger partial charge on any atom is 0.154 e. The van der Waals surface area contributed by atoms with E-state index < -0.39 is 11.0 Å². The number of benzene rings is 2. The summed E-state index contributed by atoms with van der Waals surface area (Å²) in [7, 11) is 0.923. The topological polar surface area (TPSA) is 49.3 Å². The molecule has 2 unspecified atom stereocenters. The molecule has 6 heteroatoms. The number of nitrogens with zero attached hydrogens (tertiary/aromatic N) is 4. The standard InChI is InChI=1S/C28H34N4OS/c1-20-9-13-24(14-10-20)34(33)32-16-15-25-27(29-19-30-28(25)32)31(3)26-18-23(12-11-21(26)2)17-22-7-5-4-6-8-22/h4-10,13-14,19,21,23,26H,11-12,15-18H2,1-3H3/t21-,23?,26+,34?/m1/s1. The average Bonchev–Trinajstić information content (AvgIpc) is 3.30. The summed E-state index contributed by atoms with van der Waals surface area (Å²) in [6.07, 6.45) is 7.30. The van der Waals surface area contributed by atoms with E-state index >= 15 is 0 Å². The van der Waals surface area contributed by atoms with Crippen LogP contribution in [0.4, 0.5) is 11.6 Å². The molecule has 1 aliphatic heterocycles. The van der Waals surface area contributed by atoms with Crippen molar-refractivity contribution in [3.05, 3.63) is 77.6 Å². The van der Waals surface area contributed by atoms with Crippen molar-refractivity contribution in [3.63, 3.8) is 0 Å². The van der Waals surface area contributed by atoms with E-state index in [1.165, 1.54) is 30.4 Å². The first-order valence-corrected chi connectivity index (χ1v) is 13.5. The Labute approximate surface area is 205 Å². The molecule has 5 nitrogen and oxygen atoms in total. The Morgan fingerprint density at radius 3 is 2.59 bits per heavy atom. The van der Waals surface area contributed by atoms with Crippen molar-refractivity contribution in [1.29, 1.82) is 0 Å². The molecule has 0 radical (unpaired) electrons. The Kier molecular flexibility index (Phi) is 6.68. The largest absolute Gasteiger partial charge is 0.356 e. The Hall–Kier alpha value is -2.73. The van der Waals surface area contributed by atoms with Crippen molar-refractivity contribution in [2.45, 2.75) is 56.9 Å². The minimum atomic E-state index is -1.27. The van der Waals surface area contributed by atoms with Crippen LogP contribution < -0.4 is 9.21 Å². The lowest BCUT2D eigenvalue weighted by Crippen LogP contribution is -2.42. The van der Waals surface area contributed by atoms with Gasteiger partial charge in [-0.25, -0.2) is 14.2 Å². The summed E-state index contributed by atoms with van der Waals surface area (Å²) in [6, 6.07) is 19.2. The highest BCUT2D eigenvalue weighted by Gasteiger charge is 2.35. The van der Waals surface area contributed by atoms with Crippen molar-refractivity contribution >= 4 is 22.6 Å². The predicted octanol–water partition coefficient (Wildman–Crippen LogP) is 5.35. The van der Waals surface area contributed by atoms with E-state index in [0.717, 1.165) is 34.9 Å². The van der Waals surface area contributed by atoms with Crippen molar-refractivity contribution in [2.24, 2.45) is 11.8 Å². The van der Waals surface area contributed by atoms with Crippen LogP contribution in [0, 0.1) is 18.8 Å². The first-order chi connectivity index (χ1) is 16.5. The van der Waals surface area contributed by atoms with E-state index in [2.05, 4.69) is 54.2 Å². The monoisotopic (exact) mass is 474 g/mol. The Morgan fingerprint density at radius 2 is 1.82 bits per heavy atom. The van der Waals surface area contributed by atoms with Crippen LogP contribution in [0.15, 0.2) is 65.8 Å². The minimum Gasteiger partial charge on any atom is -0.356 e. The van der Waals surface area contributed by atoms with Crippen LogP contribution in [-0.2, 0) is 23.8 Å². The highest BCUT2D eigenvalue weighted by molar-refractivity contribution is 7.86. The lowest BCUT2D eigenvalue weighted by molar-refractivity contribution is 0.244. The smallest absolute Gasteiger partial charge is 0.154 e. The Morgan fingerprint density at radius 1 is 1.06 bits per heavy atom. The van der Waals surface area contributed by atoms with Gasteiger partial charge in [0.05, 0.1) is 4.90 Å². The number of fused-ring (bicyclic) bond motifs is 1. The molecule has 0 amide bonds. The number of hydrogen-bond acceptors (Lipinski definition) is 4. The number of hydrogen-bond donors (Lipinski definition) is 0. The molecule has 0 bridgehead atoms. The molecule has 178 valence electrons. The molecule has 1 saturated carbocycles. The van der Waals surface area contributed by atoms with Crippen LogP contribution in [-0.4, -0.2) is 33.8 Å². The quantitative estimate of drug-likeness (QED) is 0.483. The highest BCUT2D eigenvalue weighted by Crippen LogP contribution is 2.39. The van der Waals surface area contributed by atoms with Gasteiger partial charge in [0.15, 0.2) is 11.0 Å². The van der Waals surface area contributed by atoms with Gasteiger partial charge in [-0.1, -0.05) is 55.0 Å². The summed E-state index contributed by atoms with van der Waals surface area (Å²) in [5, 5.41) is 0. The Bertz CT molecular complexity index is 1150. The van der Waals surface area contributed by atoms with Crippen molar-refractivity contribution in [1.82, 2.24) is 9.97 Å². The molecule has 3 aromatic rings. The number of aromatic nitrogens is 2. The predicted molar refractivity (Wildman–Crippen MR) is 140 cm³/mol. The van der Waals surface area contributed by atoms with Gasteiger partial charge in [-0.05, 0) is 68.6 Å². The minimum absolute atomic E-state index is 0.443. The molecule has 5 rings (SSSR count). The molecule has 0 saturated heterocycles. The molecule has 1 aliphatic carbocycles. The zero-order chi connectivity index (χ0) is 23.7. The van der Waals surface area contributed by atoms with E-state index in [-0.39, 0.29) is 0 Å². The van der Waals surface area contributed by atoms with Gasteiger partial charge in [0, 0.05) is 25.2 Å². The van der Waals surface area contributed by atoms with Gasteiger partial charge in [0.2, 0.25) is 0 Å². The lowest BCUT2D eigenvalue weighted by Gasteiger charge is -2.41. The van der Waals surface area contributed by atoms with Gasteiger partial charge in [-0.2, -0.15) is 0 Å². The first kappa shape index (κ1) is 23.0. The van der Waals surface area contributed by atoms with Crippen molar-refractivity contribution in [3.8, 4) is 0 Å². The molecule has 1 aromatic heterocycles. The molecule has 4 atom stereocenters. The third kappa shape index (κ3) is 4.61. The fourth-order valence-electron chi connectivity index (χ4n) is 5.61. The maximum absolute atomic E-state index is 13.3. The van der Waals surface area contributed by atoms with Crippen LogP contribution in [0.5, 0.6) is 0 Å². The second-order valence-electron chi connectivity index (χ2n) is 9.94. The third-order valence-electron chi connectivity index (χ3n) is 7.58. The molecule has 0 spiro atoms. The SMILES string of the molecule is Cc1ccc(S(=O)N2CCc3c(N(C)[C@H]4CC(Cc5ccccc5)CC[C@H]4C)ncnc32)cc1. The van der Waals surface area contributed by atoms with Crippen molar-refractivity contribution in [2.75, 3.05) is 22.8 Å². The maximum atomic E-state index is 13.3.